The molecule has 0 saturated heterocycles. The van der Waals surface area contributed by atoms with Crippen LogP contribution >= 0.6 is 0 Å². The van der Waals surface area contributed by atoms with E-state index in [2.05, 4.69) is 4.98 Å². The highest BCUT2D eigenvalue weighted by Gasteiger charge is 2.10. The second kappa shape index (κ2) is 4.94. The average Bonchev–Trinajstić information content (AvgIpc) is 2.47. The molecule has 0 aliphatic carbocycles. The van der Waals surface area contributed by atoms with Crippen molar-refractivity contribution < 1.29 is 4.74 Å². The van der Waals surface area contributed by atoms with E-state index in [1.165, 1.54) is 7.11 Å². The molecule has 0 atom stereocenters. The van der Waals surface area contributed by atoms with E-state index in [0.717, 1.165) is 10.1 Å². The van der Waals surface area contributed by atoms with Gasteiger partial charge in [-0.25, -0.2) is 9.36 Å². The Balaban J connectivity index is 2.38. The van der Waals surface area contributed by atoms with E-state index < -0.39 is 5.69 Å². The third kappa shape index (κ3) is 2.23. The van der Waals surface area contributed by atoms with Crippen molar-refractivity contribution in [1.82, 2.24) is 9.55 Å². The van der Waals surface area contributed by atoms with Gasteiger partial charge in [0.15, 0.2) is 0 Å². The average molecular weight is 282 g/mol. The summed E-state index contributed by atoms with van der Waals surface area (Å²) in [6.07, 6.45) is 0. The Morgan fingerprint density at radius 1 is 1.10 bits per heavy atom. The predicted molar refractivity (Wildman–Crippen MR) is 81.5 cm³/mol. The van der Waals surface area contributed by atoms with Gasteiger partial charge in [0.2, 0.25) is 0 Å². The Morgan fingerprint density at radius 3 is 2.62 bits per heavy atom. The zero-order valence-electron chi connectivity index (χ0n) is 11.7. The summed E-state index contributed by atoms with van der Waals surface area (Å²) >= 11 is 0. The van der Waals surface area contributed by atoms with Crippen LogP contribution < -0.4 is 16.0 Å². The number of hydrogen-bond donors (Lipinski definition) is 1. The predicted octanol–water partition coefficient (Wildman–Crippen LogP) is 2.00. The zero-order valence-corrected chi connectivity index (χ0v) is 11.7. The molecule has 0 radical (unpaired) electrons. The highest BCUT2D eigenvalue weighted by molar-refractivity contribution is 5.79. The number of aromatic amines is 1. The summed E-state index contributed by atoms with van der Waals surface area (Å²) in [6.45, 7) is 1.91. The van der Waals surface area contributed by atoms with Crippen LogP contribution in [-0.4, -0.2) is 16.7 Å². The van der Waals surface area contributed by atoms with Crippen LogP contribution in [0.3, 0.4) is 0 Å². The van der Waals surface area contributed by atoms with Crippen molar-refractivity contribution in [3.05, 3.63) is 68.9 Å². The molecular formula is C16H14N2O3. The van der Waals surface area contributed by atoms with Gasteiger partial charge < -0.3 is 9.72 Å². The largest absolute Gasteiger partial charge is 0.497 e. The van der Waals surface area contributed by atoms with Crippen molar-refractivity contribution in [3.8, 4) is 11.4 Å². The maximum absolute atomic E-state index is 12.6. The molecule has 5 heteroatoms. The van der Waals surface area contributed by atoms with Gasteiger partial charge in [0.25, 0.3) is 5.56 Å². The summed E-state index contributed by atoms with van der Waals surface area (Å²) < 4.78 is 6.27. The number of H-pyrrole nitrogens is 1. The summed E-state index contributed by atoms with van der Waals surface area (Å²) in [5.74, 6) is 0.572. The van der Waals surface area contributed by atoms with Gasteiger partial charge in [-0.2, -0.15) is 0 Å². The standard InChI is InChI=1S/C16H14N2O3/c1-10-4-3-5-11(8-10)18-15(19)13-9-12(21-2)6-7-14(13)17-16(18)20/h3-9H,1-2H3,(H,17,20). The number of aryl methyl sites for hydroxylation is 1. The van der Waals surface area contributed by atoms with Gasteiger partial charge in [-0.05, 0) is 42.8 Å². The smallest absolute Gasteiger partial charge is 0.333 e. The minimum atomic E-state index is -0.455. The van der Waals surface area contributed by atoms with E-state index in [9.17, 15) is 9.59 Å². The maximum atomic E-state index is 12.6. The molecule has 0 bridgehead atoms. The van der Waals surface area contributed by atoms with Crippen molar-refractivity contribution in [2.24, 2.45) is 0 Å². The first-order valence-electron chi connectivity index (χ1n) is 6.50. The third-order valence-electron chi connectivity index (χ3n) is 3.36. The van der Waals surface area contributed by atoms with E-state index in [4.69, 9.17) is 4.74 Å². The molecule has 0 aliphatic rings. The first kappa shape index (κ1) is 13.2. The lowest BCUT2D eigenvalue weighted by Crippen LogP contribution is -2.33. The molecule has 0 spiro atoms. The lowest BCUT2D eigenvalue weighted by atomic mass is 10.2. The Hall–Kier alpha value is -2.82. The molecule has 1 N–H and O–H groups in total. The minimum Gasteiger partial charge on any atom is -0.497 e. The Kier molecular flexibility index (Phi) is 3.10. The first-order valence-corrected chi connectivity index (χ1v) is 6.50. The number of ether oxygens (including phenoxy) is 1. The molecule has 3 aromatic rings. The van der Waals surface area contributed by atoms with Crippen molar-refractivity contribution in [1.29, 1.82) is 0 Å². The fourth-order valence-corrected chi connectivity index (χ4v) is 2.32. The molecule has 0 amide bonds. The summed E-state index contributed by atoms with van der Waals surface area (Å²) in [5, 5.41) is 0.412. The van der Waals surface area contributed by atoms with Gasteiger partial charge in [0, 0.05) is 0 Å². The van der Waals surface area contributed by atoms with Crippen LogP contribution in [0.15, 0.2) is 52.1 Å². The maximum Gasteiger partial charge on any atom is 0.333 e. The van der Waals surface area contributed by atoms with Gasteiger partial charge in [-0.3, -0.25) is 4.79 Å². The number of hydrogen-bond acceptors (Lipinski definition) is 3. The molecule has 5 nitrogen and oxygen atoms in total. The minimum absolute atomic E-state index is 0.363. The number of fused-ring (bicyclic) bond motifs is 1. The molecule has 0 saturated carbocycles. The SMILES string of the molecule is COc1ccc2[nH]c(=O)n(-c3cccc(C)c3)c(=O)c2c1. The highest BCUT2D eigenvalue weighted by atomic mass is 16.5. The van der Waals surface area contributed by atoms with E-state index in [1.807, 2.05) is 19.1 Å². The number of aromatic nitrogens is 2. The van der Waals surface area contributed by atoms with E-state index in [0.29, 0.717) is 22.3 Å². The lowest BCUT2D eigenvalue weighted by molar-refractivity contribution is 0.415. The summed E-state index contributed by atoms with van der Waals surface area (Å²) in [5.41, 5.74) is 1.20. The molecule has 106 valence electrons. The van der Waals surface area contributed by atoms with Crippen molar-refractivity contribution >= 4 is 10.9 Å². The van der Waals surface area contributed by atoms with Crippen LogP contribution in [0.4, 0.5) is 0 Å². The molecule has 1 heterocycles. The Labute approximate surface area is 120 Å². The second-order valence-corrected chi connectivity index (χ2v) is 4.82. The molecule has 0 aliphatic heterocycles. The fraction of sp³-hybridized carbons (Fsp3) is 0.125. The van der Waals surface area contributed by atoms with Crippen molar-refractivity contribution in [2.45, 2.75) is 6.92 Å². The van der Waals surface area contributed by atoms with Gasteiger partial charge in [-0.15, -0.1) is 0 Å². The second-order valence-electron chi connectivity index (χ2n) is 4.82. The number of benzene rings is 2. The van der Waals surface area contributed by atoms with Gasteiger partial charge in [0.1, 0.15) is 5.75 Å². The van der Waals surface area contributed by atoms with Gasteiger partial charge >= 0.3 is 5.69 Å². The normalized spacial score (nSPS) is 10.8. The molecular weight excluding hydrogens is 268 g/mol. The summed E-state index contributed by atoms with van der Waals surface area (Å²) in [6, 6.07) is 12.2. The zero-order chi connectivity index (χ0) is 15.0. The Morgan fingerprint density at radius 2 is 1.90 bits per heavy atom. The van der Waals surface area contributed by atoms with E-state index in [1.54, 1.807) is 30.3 Å². The molecule has 0 unspecified atom stereocenters. The summed E-state index contributed by atoms with van der Waals surface area (Å²) in [7, 11) is 1.53. The van der Waals surface area contributed by atoms with Gasteiger partial charge in [-0.1, -0.05) is 12.1 Å². The third-order valence-corrected chi connectivity index (χ3v) is 3.36. The molecule has 3 rings (SSSR count). The van der Waals surface area contributed by atoms with E-state index in [-0.39, 0.29) is 5.56 Å². The topological polar surface area (TPSA) is 64.1 Å². The van der Waals surface area contributed by atoms with E-state index >= 15 is 0 Å². The van der Waals surface area contributed by atoms with Crippen molar-refractivity contribution in [2.75, 3.05) is 7.11 Å². The van der Waals surface area contributed by atoms with Crippen LogP contribution in [0, 0.1) is 6.92 Å². The molecule has 0 fully saturated rings. The molecule has 1 aromatic heterocycles. The monoisotopic (exact) mass is 282 g/mol. The van der Waals surface area contributed by atoms with Crippen LogP contribution in [0.1, 0.15) is 5.56 Å². The molecule has 2 aromatic carbocycles. The van der Waals surface area contributed by atoms with Crippen LogP contribution in [0.25, 0.3) is 16.6 Å². The lowest BCUT2D eigenvalue weighted by Gasteiger charge is -2.08. The number of rotatable bonds is 2. The first-order chi connectivity index (χ1) is 10.1. The fourth-order valence-electron chi connectivity index (χ4n) is 2.32. The Bertz CT molecular complexity index is 938. The molecule has 21 heavy (non-hydrogen) atoms. The van der Waals surface area contributed by atoms with Crippen LogP contribution in [-0.2, 0) is 0 Å². The highest BCUT2D eigenvalue weighted by Crippen LogP contribution is 2.16. The number of methoxy groups -OCH3 is 1. The number of nitrogens with zero attached hydrogens (tertiary/aromatic N) is 1. The van der Waals surface area contributed by atoms with Crippen molar-refractivity contribution in [3.63, 3.8) is 0 Å². The number of nitrogens with one attached hydrogen (secondary N) is 1. The summed E-state index contributed by atoms with van der Waals surface area (Å²) in [4.78, 5) is 27.5. The van der Waals surface area contributed by atoms with Crippen LogP contribution in [0.2, 0.25) is 0 Å². The van der Waals surface area contributed by atoms with Gasteiger partial charge in [0.05, 0.1) is 23.7 Å². The van der Waals surface area contributed by atoms with Crippen LogP contribution in [0.5, 0.6) is 5.75 Å². The quantitative estimate of drug-likeness (QED) is 0.782.